The smallest absolute Gasteiger partial charge is 0.260 e. The number of furan rings is 1. The molecule has 0 fully saturated rings. The molecule has 2 aliphatic rings. The molecule has 0 aliphatic carbocycles. The Bertz CT molecular complexity index is 2740. The first-order chi connectivity index (χ1) is 25.0. The zero-order valence-corrected chi connectivity index (χ0v) is 30.3. The lowest BCUT2D eigenvalue weighted by Crippen LogP contribution is -2.57. The van der Waals surface area contributed by atoms with Gasteiger partial charge in [0, 0.05) is 38.9 Å². The molecular formula is C47H38BNO3. The van der Waals surface area contributed by atoms with Gasteiger partial charge in [0.25, 0.3) is 6.71 Å². The van der Waals surface area contributed by atoms with E-state index in [2.05, 4.69) is 144 Å². The molecule has 8 aromatic rings. The van der Waals surface area contributed by atoms with Gasteiger partial charge in [-0.15, -0.1) is 0 Å². The number of para-hydroxylation sites is 2. The summed E-state index contributed by atoms with van der Waals surface area (Å²) in [4.78, 5) is 4.62. The Hall–Kier alpha value is -5.81. The minimum absolute atomic E-state index is 0.00186. The molecule has 0 unspecified atom stereocenters. The number of hydrogen-bond acceptors (Lipinski definition) is 4. The molecule has 2 aromatic heterocycles. The summed E-state index contributed by atoms with van der Waals surface area (Å²) in [6, 6.07) is 40.9. The van der Waals surface area contributed by atoms with E-state index in [0.29, 0.717) is 0 Å². The molecule has 0 amide bonds. The summed E-state index contributed by atoms with van der Waals surface area (Å²) >= 11 is 0. The van der Waals surface area contributed by atoms with Crippen molar-refractivity contribution in [3.8, 4) is 45.4 Å². The van der Waals surface area contributed by atoms with Crippen LogP contribution < -0.4 is 25.9 Å². The molecule has 2 aliphatic heterocycles. The topological polar surface area (TPSA) is 44.5 Å². The first-order valence-electron chi connectivity index (χ1n) is 18.1. The summed E-state index contributed by atoms with van der Waals surface area (Å²) in [6.07, 6.45) is 1.82. The van der Waals surface area contributed by atoms with Crippen molar-refractivity contribution in [1.29, 1.82) is 0 Å². The molecule has 4 heterocycles. The van der Waals surface area contributed by atoms with Crippen LogP contribution in [-0.2, 0) is 10.8 Å². The second-order valence-electron chi connectivity index (χ2n) is 16.4. The Morgan fingerprint density at radius 1 is 0.538 bits per heavy atom. The minimum atomic E-state index is -0.0104. The van der Waals surface area contributed by atoms with Gasteiger partial charge in [0.2, 0.25) is 0 Å². The molecule has 0 N–H and O–H groups in total. The van der Waals surface area contributed by atoms with Crippen LogP contribution in [0.1, 0.15) is 52.7 Å². The number of hydrogen-bond donors (Lipinski definition) is 0. The largest absolute Gasteiger partial charge is 0.458 e. The molecule has 10 rings (SSSR count). The Balaban J connectivity index is 1.17. The van der Waals surface area contributed by atoms with Crippen molar-refractivity contribution in [1.82, 2.24) is 4.98 Å². The molecule has 0 bridgehead atoms. The van der Waals surface area contributed by atoms with Crippen molar-refractivity contribution in [2.24, 2.45) is 0 Å². The molecule has 0 atom stereocenters. The number of pyridine rings is 1. The molecule has 52 heavy (non-hydrogen) atoms. The van der Waals surface area contributed by atoms with Crippen LogP contribution in [0.15, 0.2) is 126 Å². The standard InChI is InChI=1S/C47H38BNO3/c1-46(2,3)29-17-20-39-36(25-29)48-37-26-30(47(4,5)6)18-21-40(37)51-45-32-19-16-27(23-28(32)24-41(50-39)42(45)48)31-11-9-12-33-34-13-10-14-35(44(34)52-43(31)33)38-15-7-8-22-49-38/h7-26H,1-6H3. The molecule has 4 nitrogen and oxygen atoms in total. The molecule has 0 radical (unpaired) electrons. The quantitative estimate of drug-likeness (QED) is 0.171. The van der Waals surface area contributed by atoms with Gasteiger partial charge >= 0.3 is 0 Å². The molecule has 252 valence electrons. The third-order valence-corrected chi connectivity index (χ3v) is 11.0. The lowest BCUT2D eigenvalue weighted by atomic mass is 9.34. The van der Waals surface area contributed by atoms with Crippen LogP contribution in [-0.4, -0.2) is 11.7 Å². The highest BCUT2D eigenvalue weighted by Gasteiger charge is 2.42. The number of fused-ring (bicyclic) bond motifs is 9. The van der Waals surface area contributed by atoms with Gasteiger partial charge in [-0.05, 0) is 86.3 Å². The number of benzene rings is 6. The zero-order valence-electron chi connectivity index (χ0n) is 30.3. The Kier molecular flexibility index (Phi) is 6.46. The average Bonchev–Trinajstić information content (AvgIpc) is 3.53. The van der Waals surface area contributed by atoms with E-state index in [1.165, 1.54) is 22.1 Å². The van der Waals surface area contributed by atoms with Gasteiger partial charge in [-0.25, -0.2) is 0 Å². The van der Waals surface area contributed by atoms with Crippen molar-refractivity contribution in [3.05, 3.63) is 133 Å². The number of aromatic nitrogens is 1. The Morgan fingerprint density at radius 3 is 1.85 bits per heavy atom. The molecular weight excluding hydrogens is 637 g/mol. The lowest BCUT2D eigenvalue weighted by Gasteiger charge is -2.35. The van der Waals surface area contributed by atoms with E-state index in [1.54, 1.807) is 0 Å². The maximum Gasteiger partial charge on any atom is 0.260 e. The van der Waals surface area contributed by atoms with Crippen molar-refractivity contribution in [2.75, 3.05) is 0 Å². The average molecular weight is 676 g/mol. The summed E-state index contributed by atoms with van der Waals surface area (Å²) in [7, 11) is 0. The third-order valence-electron chi connectivity index (χ3n) is 11.0. The van der Waals surface area contributed by atoms with E-state index in [0.717, 1.165) is 83.6 Å². The van der Waals surface area contributed by atoms with Crippen molar-refractivity contribution < 1.29 is 13.9 Å². The highest BCUT2D eigenvalue weighted by Crippen LogP contribution is 2.44. The second-order valence-corrected chi connectivity index (χ2v) is 16.4. The van der Waals surface area contributed by atoms with E-state index in [-0.39, 0.29) is 17.5 Å². The van der Waals surface area contributed by atoms with E-state index in [9.17, 15) is 0 Å². The van der Waals surface area contributed by atoms with Crippen LogP contribution >= 0.6 is 0 Å². The van der Waals surface area contributed by atoms with Crippen LogP contribution in [0.5, 0.6) is 23.0 Å². The van der Waals surface area contributed by atoms with Gasteiger partial charge in [-0.2, -0.15) is 0 Å². The van der Waals surface area contributed by atoms with Gasteiger partial charge in [0.05, 0.1) is 5.69 Å². The monoisotopic (exact) mass is 675 g/mol. The minimum Gasteiger partial charge on any atom is -0.458 e. The van der Waals surface area contributed by atoms with E-state index in [4.69, 9.17) is 13.9 Å². The van der Waals surface area contributed by atoms with Crippen molar-refractivity contribution in [3.63, 3.8) is 0 Å². The molecule has 0 spiro atoms. The summed E-state index contributed by atoms with van der Waals surface area (Å²) in [5, 5.41) is 4.27. The predicted molar refractivity (Wildman–Crippen MR) is 215 cm³/mol. The summed E-state index contributed by atoms with van der Waals surface area (Å²) < 4.78 is 20.5. The van der Waals surface area contributed by atoms with Gasteiger partial charge < -0.3 is 13.9 Å². The summed E-state index contributed by atoms with van der Waals surface area (Å²) in [5.74, 6) is 3.51. The highest BCUT2D eigenvalue weighted by molar-refractivity contribution is 6.98. The maximum atomic E-state index is 6.92. The van der Waals surface area contributed by atoms with Crippen LogP contribution in [0.25, 0.3) is 55.1 Å². The molecule has 5 heteroatoms. The summed E-state index contributed by atoms with van der Waals surface area (Å²) in [6.45, 7) is 13.6. The molecule has 0 saturated heterocycles. The lowest BCUT2D eigenvalue weighted by molar-refractivity contribution is 0.467. The van der Waals surface area contributed by atoms with Gasteiger partial charge in [-0.3, -0.25) is 4.98 Å². The van der Waals surface area contributed by atoms with Gasteiger partial charge in [0.1, 0.15) is 34.2 Å². The second kappa shape index (κ2) is 10.9. The van der Waals surface area contributed by atoms with E-state index < -0.39 is 0 Å². The molecule has 0 saturated carbocycles. The van der Waals surface area contributed by atoms with Crippen molar-refractivity contribution >= 4 is 55.8 Å². The maximum absolute atomic E-state index is 6.92. The fourth-order valence-corrected chi connectivity index (χ4v) is 8.15. The highest BCUT2D eigenvalue weighted by atomic mass is 16.5. The van der Waals surface area contributed by atoms with Crippen LogP contribution in [0.2, 0.25) is 0 Å². The van der Waals surface area contributed by atoms with Crippen LogP contribution in [0, 0.1) is 0 Å². The summed E-state index contributed by atoms with van der Waals surface area (Å²) in [5.41, 5.74) is 11.7. The number of rotatable bonds is 2. The fourth-order valence-electron chi connectivity index (χ4n) is 8.15. The Labute approximate surface area is 304 Å². The SMILES string of the molecule is CC(C)(C)c1ccc2c(c1)B1c3cc(C(C)(C)C)ccc3Oc3c1c(cc1cc(-c4cccc5c4oc4c(-c6ccccn6)cccc45)ccc31)O2. The first-order valence-corrected chi connectivity index (χ1v) is 18.1. The third kappa shape index (κ3) is 4.65. The van der Waals surface area contributed by atoms with E-state index in [1.807, 2.05) is 24.4 Å². The van der Waals surface area contributed by atoms with Crippen LogP contribution in [0.3, 0.4) is 0 Å². The fraction of sp³-hybridized carbons (Fsp3) is 0.170. The van der Waals surface area contributed by atoms with E-state index >= 15 is 0 Å². The molecule has 6 aromatic carbocycles. The first kappa shape index (κ1) is 31.0. The van der Waals surface area contributed by atoms with Crippen LogP contribution in [0.4, 0.5) is 0 Å². The number of ether oxygens (including phenoxy) is 2. The zero-order chi connectivity index (χ0) is 35.5. The number of nitrogens with zero attached hydrogens (tertiary/aromatic N) is 1. The predicted octanol–water partition coefficient (Wildman–Crippen LogP) is 10.8. The Morgan fingerprint density at radius 2 is 1.19 bits per heavy atom. The van der Waals surface area contributed by atoms with Gasteiger partial charge in [-0.1, -0.05) is 114 Å². The van der Waals surface area contributed by atoms with Gasteiger partial charge in [0.15, 0.2) is 0 Å². The van der Waals surface area contributed by atoms with Crippen molar-refractivity contribution in [2.45, 2.75) is 52.4 Å². The normalized spacial score (nSPS) is 13.5.